The molecule has 1 aromatic rings. The Morgan fingerprint density at radius 1 is 1.32 bits per heavy atom. The van der Waals surface area contributed by atoms with E-state index in [9.17, 15) is 14.0 Å². The van der Waals surface area contributed by atoms with E-state index in [-0.39, 0.29) is 17.5 Å². The quantitative estimate of drug-likeness (QED) is 0.814. The molecule has 1 aliphatic rings. The Morgan fingerprint density at radius 3 is 2.58 bits per heavy atom. The number of carbonyl (C=O) groups is 2. The molecule has 1 saturated carbocycles. The molecule has 1 aromatic heterocycles. The second-order valence-corrected chi connectivity index (χ2v) is 4.70. The van der Waals surface area contributed by atoms with Gasteiger partial charge in [0.15, 0.2) is 0 Å². The summed E-state index contributed by atoms with van der Waals surface area (Å²) in [6.45, 7) is 0. The molecule has 102 valence electrons. The molecule has 1 fully saturated rings. The number of amides is 1. The molecule has 0 radical (unpaired) electrons. The topological polar surface area (TPSA) is 79.3 Å². The normalized spacial score (nSPS) is 22.8. The smallest absolute Gasteiger partial charge is 0.306 e. The largest absolute Gasteiger partial charge is 0.481 e. The van der Waals surface area contributed by atoms with Crippen molar-refractivity contribution in [1.29, 1.82) is 0 Å². The van der Waals surface area contributed by atoms with Crippen LogP contribution in [0.2, 0.25) is 0 Å². The number of aliphatic carboxylic acids is 1. The fraction of sp³-hybridized carbons (Fsp3) is 0.462. The van der Waals surface area contributed by atoms with Crippen molar-refractivity contribution in [2.45, 2.75) is 31.7 Å². The van der Waals surface area contributed by atoms with Crippen LogP contribution in [0.5, 0.6) is 0 Å². The van der Waals surface area contributed by atoms with Gasteiger partial charge in [0, 0.05) is 12.2 Å². The highest BCUT2D eigenvalue weighted by molar-refractivity contribution is 5.94. The van der Waals surface area contributed by atoms with Crippen molar-refractivity contribution in [3.05, 3.63) is 29.8 Å². The summed E-state index contributed by atoms with van der Waals surface area (Å²) < 4.78 is 13.3. The molecule has 2 N–H and O–H groups in total. The minimum atomic E-state index is -0.792. The summed E-state index contributed by atoms with van der Waals surface area (Å²) >= 11 is 0. The number of carboxylic acids is 1. The van der Waals surface area contributed by atoms with Gasteiger partial charge >= 0.3 is 5.97 Å². The van der Waals surface area contributed by atoms with E-state index in [1.165, 1.54) is 18.3 Å². The van der Waals surface area contributed by atoms with Crippen LogP contribution in [-0.4, -0.2) is 28.0 Å². The van der Waals surface area contributed by atoms with E-state index in [4.69, 9.17) is 5.11 Å². The van der Waals surface area contributed by atoms with Crippen LogP contribution in [0.3, 0.4) is 0 Å². The SMILES string of the molecule is O=C(NC1CCC(C(=O)O)CC1)c1cccnc1F. The van der Waals surface area contributed by atoms with Crippen LogP contribution in [0, 0.1) is 11.9 Å². The molecule has 0 bridgehead atoms. The van der Waals surface area contributed by atoms with Gasteiger partial charge in [0.1, 0.15) is 0 Å². The van der Waals surface area contributed by atoms with E-state index >= 15 is 0 Å². The standard InChI is InChI=1S/C13H15FN2O3/c14-11-10(2-1-7-15-11)12(17)16-9-5-3-8(4-6-9)13(18)19/h1-2,7-9H,3-6H2,(H,16,17)(H,18,19). The number of hydrogen-bond acceptors (Lipinski definition) is 3. The van der Waals surface area contributed by atoms with Gasteiger partial charge in [-0.2, -0.15) is 4.39 Å². The van der Waals surface area contributed by atoms with Crippen molar-refractivity contribution >= 4 is 11.9 Å². The van der Waals surface area contributed by atoms with Crippen molar-refractivity contribution in [3.63, 3.8) is 0 Å². The molecule has 19 heavy (non-hydrogen) atoms. The number of carbonyl (C=O) groups excluding carboxylic acids is 1. The third kappa shape index (κ3) is 3.27. The van der Waals surface area contributed by atoms with Crippen molar-refractivity contribution in [2.24, 2.45) is 5.92 Å². The first-order valence-electron chi connectivity index (χ1n) is 6.22. The molecule has 1 aliphatic carbocycles. The highest BCUT2D eigenvalue weighted by Crippen LogP contribution is 2.24. The molecular formula is C13H15FN2O3. The Balaban J connectivity index is 1.91. The Hall–Kier alpha value is -1.98. The highest BCUT2D eigenvalue weighted by Gasteiger charge is 2.27. The molecule has 0 aliphatic heterocycles. The third-order valence-corrected chi connectivity index (χ3v) is 3.42. The molecule has 0 spiro atoms. The van der Waals surface area contributed by atoms with E-state index in [0.717, 1.165) is 0 Å². The number of halogens is 1. The molecule has 0 unspecified atom stereocenters. The average Bonchev–Trinajstić information content (AvgIpc) is 2.39. The predicted octanol–water partition coefficient (Wildman–Crippen LogP) is 1.59. The molecule has 2 rings (SSSR count). The summed E-state index contributed by atoms with van der Waals surface area (Å²) in [5.74, 6) is -2.41. The lowest BCUT2D eigenvalue weighted by Crippen LogP contribution is -2.39. The van der Waals surface area contributed by atoms with Crippen molar-refractivity contribution in [2.75, 3.05) is 0 Å². The molecule has 1 amide bonds. The van der Waals surface area contributed by atoms with Gasteiger partial charge in [0.05, 0.1) is 11.5 Å². The van der Waals surface area contributed by atoms with Crippen LogP contribution in [0.15, 0.2) is 18.3 Å². The van der Waals surface area contributed by atoms with Crippen LogP contribution < -0.4 is 5.32 Å². The maximum Gasteiger partial charge on any atom is 0.306 e. The van der Waals surface area contributed by atoms with E-state index in [0.29, 0.717) is 25.7 Å². The monoisotopic (exact) mass is 266 g/mol. The first-order chi connectivity index (χ1) is 9.08. The first kappa shape index (κ1) is 13.5. The Labute approximate surface area is 109 Å². The summed E-state index contributed by atoms with van der Waals surface area (Å²) in [7, 11) is 0. The van der Waals surface area contributed by atoms with Crippen molar-refractivity contribution in [1.82, 2.24) is 10.3 Å². The molecule has 0 atom stereocenters. The van der Waals surface area contributed by atoms with E-state index in [1.807, 2.05) is 0 Å². The molecule has 5 nitrogen and oxygen atoms in total. The number of nitrogens with zero attached hydrogens (tertiary/aromatic N) is 1. The zero-order valence-corrected chi connectivity index (χ0v) is 10.3. The minimum Gasteiger partial charge on any atom is -0.481 e. The summed E-state index contributed by atoms with van der Waals surface area (Å²) in [4.78, 5) is 26.1. The first-order valence-corrected chi connectivity index (χ1v) is 6.22. The highest BCUT2D eigenvalue weighted by atomic mass is 19.1. The summed E-state index contributed by atoms with van der Waals surface area (Å²) in [6, 6.07) is 2.78. The number of rotatable bonds is 3. The minimum absolute atomic E-state index is 0.0807. The van der Waals surface area contributed by atoms with Gasteiger partial charge in [-0.3, -0.25) is 9.59 Å². The van der Waals surface area contributed by atoms with Crippen molar-refractivity contribution < 1.29 is 19.1 Å². The zero-order chi connectivity index (χ0) is 13.8. The lowest BCUT2D eigenvalue weighted by Gasteiger charge is -2.26. The van der Waals surface area contributed by atoms with Gasteiger partial charge in [-0.15, -0.1) is 0 Å². The van der Waals surface area contributed by atoms with Crippen LogP contribution >= 0.6 is 0 Å². The van der Waals surface area contributed by atoms with Gasteiger partial charge in [-0.1, -0.05) is 0 Å². The van der Waals surface area contributed by atoms with Crippen LogP contribution in [0.25, 0.3) is 0 Å². The Kier molecular flexibility index (Phi) is 4.09. The van der Waals surface area contributed by atoms with E-state index in [1.54, 1.807) is 0 Å². The summed E-state index contributed by atoms with van der Waals surface area (Å²) in [5.41, 5.74) is -0.0807. The third-order valence-electron chi connectivity index (χ3n) is 3.42. The van der Waals surface area contributed by atoms with E-state index in [2.05, 4.69) is 10.3 Å². The number of aromatic nitrogens is 1. The van der Waals surface area contributed by atoms with Crippen LogP contribution in [0.4, 0.5) is 4.39 Å². The van der Waals surface area contributed by atoms with Crippen molar-refractivity contribution in [3.8, 4) is 0 Å². The Bertz CT molecular complexity index is 485. The zero-order valence-electron chi connectivity index (χ0n) is 10.3. The van der Waals surface area contributed by atoms with Gasteiger partial charge < -0.3 is 10.4 Å². The van der Waals surface area contributed by atoms with Gasteiger partial charge in [-0.25, -0.2) is 4.98 Å². The fourth-order valence-corrected chi connectivity index (χ4v) is 2.30. The van der Waals surface area contributed by atoms with Gasteiger partial charge in [0.25, 0.3) is 5.91 Å². The number of nitrogens with one attached hydrogen (secondary N) is 1. The Morgan fingerprint density at radius 2 is 2.00 bits per heavy atom. The molecule has 6 heteroatoms. The molecular weight excluding hydrogens is 251 g/mol. The number of hydrogen-bond donors (Lipinski definition) is 2. The maximum atomic E-state index is 13.3. The number of pyridine rings is 1. The molecule has 0 saturated heterocycles. The number of carboxylic acid groups (broad SMARTS) is 1. The van der Waals surface area contributed by atoms with Crippen LogP contribution in [0.1, 0.15) is 36.0 Å². The summed E-state index contributed by atoms with van der Waals surface area (Å²) in [5, 5.41) is 11.6. The lowest BCUT2D eigenvalue weighted by atomic mass is 9.86. The predicted molar refractivity (Wildman–Crippen MR) is 65.0 cm³/mol. The van der Waals surface area contributed by atoms with Crippen LogP contribution in [-0.2, 0) is 4.79 Å². The molecule has 0 aromatic carbocycles. The average molecular weight is 266 g/mol. The van der Waals surface area contributed by atoms with E-state index < -0.39 is 17.8 Å². The fourth-order valence-electron chi connectivity index (χ4n) is 2.30. The maximum absolute atomic E-state index is 13.3. The van der Waals surface area contributed by atoms with Gasteiger partial charge in [0.2, 0.25) is 5.95 Å². The summed E-state index contributed by atoms with van der Waals surface area (Å²) in [6.07, 6.45) is 3.56. The lowest BCUT2D eigenvalue weighted by molar-refractivity contribution is -0.142. The van der Waals surface area contributed by atoms with Gasteiger partial charge in [-0.05, 0) is 37.8 Å². The second kappa shape index (κ2) is 5.77. The molecule has 1 heterocycles. The second-order valence-electron chi connectivity index (χ2n) is 4.70.